The highest BCUT2D eigenvalue weighted by Crippen LogP contribution is 2.38. The molecular formula is C10H15N4O9P. The van der Waals surface area contributed by atoms with Crippen molar-refractivity contribution < 1.29 is 39.0 Å². The van der Waals surface area contributed by atoms with Crippen LogP contribution in [0.3, 0.4) is 0 Å². The Kier molecular flexibility index (Phi) is 7.31. The van der Waals surface area contributed by atoms with E-state index in [4.69, 9.17) is 25.1 Å². The van der Waals surface area contributed by atoms with E-state index >= 15 is 0 Å². The number of nitrogens with one attached hydrogen (secondary N) is 2. The molecule has 13 nitrogen and oxygen atoms in total. The fourth-order valence-electron chi connectivity index (χ4n) is 1.43. The Labute approximate surface area is 133 Å². The van der Waals surface area contributed by atoms with Gasteiger partial charge in [0.25, 0.3) is 5.56 Å². The predicted octanol–water partition coefficient (Wildman–Crippen LogP) is -2.98. The molecule has 2 aromatic rings. The summed E-state index contributed by atoms with van der Waals surface area (Å²) >= 11 is 0. The van der Waals surface area contributed by atoms with Crippen molar-refractivity contribution in [2.24, 2.45) is 0 Å². The molecule has 134 valence electrons. The van der Waals surface area contributed by atoms with Crippen molar-refractivity contribution >= 4 is 25.3 Å². The first kappa shape index (κ1) is 20.1. The predicted molar refractivity (Wildman–Crippen MR) is 76.6 cm³/mol. The number of rotatable bonds is 6. The highest BCUT2D eigenvalue weighted by atomic mass is 31.2. The first-order chi connectivity index (χ1) is 11.2. The number of aliphatic hydroxyl groups is 3. The molecule has 2 rings (SSSR count). The van der Waals surface area contributed by atoms with E-state index < -0.39 is 32.7 Å². The second kappa shape index (κ2) is 8.75. The third-order valence-corrected chi connectivity index (χ3v) is 3.06. The third-order valence-electron chi connectivity index (χ3n) is 2.54. The number of aliphatic hydroxyl groups excluding tert-OH is 3. The number of phosphoric ester groups is 1. The minimum Gasteiger partial charge on any atom is -0.394 e. The summed E-state index contributed by atoms with van der Waals surface area (Å²) in [4.78, 5) is 50.4. The minimum atomic E-state index is -4.93. The number of hydrogen-bond acceptors (Lipinski definition) is 9. The minimum absolute atomic E-state index is 0.0807. The summed E-state index contributed by atoms with van der Waals surface area (Å²) in [6.45, 7) is -0.865. The lowest BCUT2D eigenvalue weighted by atomic mass is 10.1. The zero-order chi connectivity index (χ0) is 18.3. The molecule has 3 atom stereocenters. The van der Waals surface area contributed by atoms with Crippen molar-refractivity contribution in [1.82, 2.24) is 19.9 Å². The average Bonchev–Trinajstić information content (AvgIpc) is 3.01. The fourth-order valence-corrected chi connectivity index (χ4v) is 1.92. The van der Waals surface area contributed by atoms with Crippen LogP contribution in [0.25, 0.3) is 11.2 Å². The van der Waals surface area contributed by atoms with Crippen molar-refractivity contribution in [1.29, 1.82) is 0 Å². The lowest BCUT2D eigenvalue weighted by Crippen LogP contribution is -2.41. The average molecular weight is 366 g/mol. The van der Waals surface area contributed by atoms with Crippen LogP contribution in [0.15, 0.2) is 17.4 Å². The number of phosphoric acid groups is 1. The van der Waals surface area contributed by atoms with Gasteiger partial charge in [-0.15, -0.1) is 0 Å². The number of aromatic amines is 2. The van der Waals surface area contributed by atoms with Crippen LogP contribution in [0.4, 0.5) is 0 Å². The summed E-state index contributed by atoms with van der Waals surface area (Å²) in [5.74, 6) is 0. The second-order valence-electron chi connectivity index (χ2n) is 4.27. The molecule has 24 heavy (non-hydrogen) atoms. The van der Waals surface area contributed by atoms with E-state index in [0.29, 0.717) is 11.2 Å². The number of nitrogens with zero attached hydrogens (tertiary/aromatic N) is 2. The van der Waals surface area contributed by atoms with Crippen LogP contribution in [-0.2, 0) is 13.9 Å². The van der Waals surface area contributed by atoms with Gasteiger partial charge in [0.2, 0.25) is 0 Å². The van der Waals surface area contributed by atoms with Gasteiger partial charge in [0.1, 0.15) is 12.2 Å². The van der Waals surface area contributed by atoms with Crippen LogP contribution >= 0.6 is 7.82 Å². The lowest BCUT2D eigenvalue weighted by molar-refractivity contribution is -0.126. The Morgan fingerprint density at radius 3 is 2.29 bits per heavy atom. The zero-order valence-electron chi connectivity index (χ0n) is 11.9. The van der Waals surface area contributed by atoms with Crippen molar-refractivity contribution in [3.8, 4) is 0 Å². The topological polar surface area (TPSA) is 219 Å². The van der Waals surface area contributed by atoms with Crippen molar-refractivity contribution in [2.75, 3.05) is 6.61 Å². The SMILES string of the molecule is O=C[C@H](OP(=O)(O)O)[C@H](O)[C@H](O)CO.O=c1[nH]cnc2nc[nH]c12. The molecule has 0 aliphatic carbocycles. The maximum absolute atomic E-state index is 10.9. The molecule has 0 aliphatic rings. The number of fused-ring (bicyclic) bond motifs is 1. The summed E-state index contributed by atoms with van der Waals surface area (Å²) in [6.07, 6.45) is -2.82. The van der Waals surface area contributed by atoms with Crippen LogP contribution in [-0.4, -0.2) is 76.2 Å². The number of carbonyl (C=O) groups excluding carboxylic acids is 1. The highest BCUT2D eigenvalue weighted by molar-refractivity contribution is 7.46. The molecule has 7 N–H and O–H groups in total. The number of carbonyl (C=O) groups is 1. The molecule has 0 amide bonds. The van der Waals surface area contributed by atoms with Gasteiger partial charge in [-0.3, -0.25) is 9.32 Å². The van der Waals surface area contributed by atoms with Crippen LogP contribution < -0.4 is 5.56 Å². The molecule has 0 fully saturated rings. The van der Waals surface area contributed by atoms with Gasteiger partial charge in [-0.2, -0.15) is 0 Å². The third kappa shape index (κ3) is 5.90. The Bertz CT molecular complexity index is 756. The first-order valence-electron chi connectivity index (χ1n) is 6.22. The Morgan fingerprint density at radius 1 is 1.25 bits per heavy atom. The van der Waals surface area contributed by atoms with E-state index in [1.54, 1.807) is 0 Å². The summed E-state index contributed by atoms with van der Waals surface area (Å²) in [5.41, 5.74) is 0.675. The highest BCUT2D eigenvalue weighted by Gasteiger charge is 2.32. The molecule has 0 saturated carbocycles. The number of hydrogen-bond donors (Lipinski definition) is 7. The summed E-state index contributed by atoms with van der Waals surface area (Å²) in [5, 5.41) is 26.2. The molecule has 2 aromatic heterocycles. The zero-order valence-corrected chi connectivity index (χ0v) is 12.8. The molecule has 0 spiro atoms. The molecular weight excluding hydrogens is 351 g/mol. The molecule has 0 aromatic carbocycles. The van der Waals surface area contributed by atoms with E-state index in [1.165, 1.54) is 12.7 Å². The summed E-state index contributed by atoms with van der Waals surface area (Å²) in [7, 11) is -4.93. The van der Waals surface area contributed by atoms with Gasteiger partial charge in [0, 0.05) is 0 Å². The van der Waals surface area contributed by atoms with Crippen molar-refractivity contribution in [2.45, 2.75) is 18.3 Å². The van der Waals surface area contributed by atoms with E-state index in [-0.39, 0.29) is 11.8 Å². The van der Waals surface area contributed by atoms with Crippen LogP contribution in [0.1, 0.15) is 0 Å². The molecule has 0 radical (unpaired) electrons. The summed E-state index contributed by atoms with van der Waals surface area (Å²) < 4.78 is 14.1. The maximum atomic E-state index is 10.9. The molecule has 0 aliphatic heterocycles. The largest absolute Gasteiger partial charge is 0.470 e. The summed E-state index contributed by atoms with van der Waals surface area (Å²) in [6, 6.07) is 0. The first-order valence-corrected chi connectivity index (χ1v) is 7.75. The van der Waals surface area contributed by atoms with Crippen LogP contribution in [0.2, 0.25) is 0 Å². The van der Waals surface area contributed by atoms with E-state index in [0.717, 1.165) is 0 Å². The van der Waals surface area contributed by atoms with Gasteiger partial charge in [0.05, 0.1) is 19.3 Å². The van der Waals surface area contributed by atoms with Crippen molar-refractivity contribution in [3.63, 3.8) is 0 Å². The standard InChI is InChI=1S/C5H4N4O.C5H11O8P/c10-5-3-4(7-1-6-3)8-2-9-5;6-1-3(8)5(9)4(2-7)13-14(10,11)12/h1-2H,(H2,6,7,8,9,10);2-6,8-9H,1H2,(H2,10,11,12)/t;3-,4+,5-/m.1/s1. The van der Waals surface area contributed by atoms with Gasteiger partial charge in [-0.05, 0) is 0 Å². The Balaban J connectivity index is 0.000000250. The smallest absolute Gasteiger partial charge is 0.394 e. The van der Waals surface area contributed by atoms with Gasteiger partial charge >= 0.3 is 7.82 Å². The van der Waals surface area contributed by atoms with Gasteiger partial charge in [-0.1, -0.05) is 0 Å². The lowest BCUT2D eigenvalue weighted by Gasteiger charge is -2.21. The van der Waals surface area contributed by atoms with Gasteiger partial charge in [0.15, 0.2) is 23.6 Å². The second-order valence-corrected chi connectivity index (χ2v) is 5.46. The van der Waals surface area contributed by atoms with E-state index in [9.17, 15) is 14.2 Å². The molecule has 14 heteroatoms. The number of aldehydes is 1. The van der Waals surface area contributed by atoms with E-state index in [1.807, 2.05) is 0 Å². The number of aromatic nitrogens is 4. The Morgan fingerprint density at radius 2 is 1.83 bits per heavy atom. The van der Waals surface area contributed by atoms with Crippen LogP contribution in [0.5, 0.6) is 0 Å². The quantitative estimate of drug-likeness (QED) is 0.202. The van der Waals surface area contributed by atoms with Crippen molar-refractivity contribution in [3.05, 3.63) is 23.0 Å². The van der Waals surface area contributed by atoms with Gasteiger partial charge < -0.3 is 39.9 Å². The molecule has 0 saturated heterocycles. The molecule has 0 bridgehead atoms. The molecule has 2 heterocycles. The van der Waals surface area contributed by atoms with Crippen LogP contribution in [0, 0.1) is 0 Å². The number of H-pyrrole nitrogens is 2. The fraction of sp³-hybridized carbons (Fsp3) is 0.400. The molecule has 0 unspecified atom stereocenters. The monoisotopic (exact) mass is 366 g/mol. The maximum Gasteiger partial charge on any atom is 0.470 e. The Hall–Kier alpha value is -1.99. The van der Waals surface area contributed by atoms with Gasteiger partial charge in [-0.25, -0.2) is 14.5 Å². The number of imidazole rings is 1. The van der Waals surface area contributed by atoms with E-state index in [2.05, 4.69) is 24.5 Å². The normalized spacial score (nSPS) is 15.2.